The first-order chi connectivity index (χ1) is 13.3. The number of fused-ring (bicyclic) bond motifs is 2. The molecule has 7 nitrogen and oxygen atoms in total. The van der Waals surface area contributed by atoms with Gasteiger partial charge in [-0.1, -0.05) is 6.92 Å². The van der Waals surface area contributed by atoms with Crippen molar-refractivity contribution in [1.82, 2.24) is 4.90 Å². The van der Waals surface area contributed by atoms with Crippen molar-refractivity contribution in [3.8, 4) is 5.75 Å². The van der Waals surface area contributed by atoms with Crippen molar-refractivity contribution >= 4 is 34.6 Å². The van der Waals surface area contributed by atoms with Gasteiger partial charge in [0, 0.05) is 35.3 Å². The predicted octanol–water partition coefficient (Wildman–Crippen LogP) is 2.56. The van der Waals surface area contributed by atoms with Gasteiger partial charge in [-0.15, -0.1) is 11.8 Å². The van der Waals surface area contributed by atoms with E-state index < -0.39 is 17.6 Å². The number of phenols is 1. The number of rotatable bonds is 4. The molecule has 148 valence electrons. The highest BCUT2D eigenvalue weighted by Crippen LogP contribution is 2.47. The normalized spacial score (nSPS) is 24.0. The van der Waals surface area contributed by atoms with E-state index in [1.54, 1.807) is 22.7 Å². The molecular formula is C20H21NO6S. The van der Waals surface area contributed by atoms with E-state index in [1.165, 1.54) is 12.1 Å². The number of amides is 1. The molecule has 0 radical (unpaired) electrons. The molecule has 0 bridgehead atoms. The molecule has 1 N–H and O–H groups in total. The van der Waals surface area contributed by atoms with Gasteiger partial charge in [-0.05, 0) is 31.4 Å². The maximum absolute atomic E-state index is 12.7. The average Bonchev–Trinajstić information content (AvgIpc) is 3.14. The van der Waals surface area contributed by atoms with Crippen molar-refractivity contribution in [2.24, 2.45) is 0 Å². The Kier molecular flexibility index (Phi) is 4.61. The number of nitrogens with zero attached hydrogens (tertiary/aromatic N) is 1. The van der Waals surface area contributed by atoms with Crippen LogP contribution in [0.1, 0.15) is 37.8 Å². The molecule has 1 aromatic heterocycles. The van der Waals surface area contributed by atoms with Crippen LogP contribution in [0.15, 0.2) is 27.4 Å². The average molecular weight is 403 g/mol. The van der Waals surface area contributed by atoms with Gasteiger partial charge in [-0.3, -0.25) is 4.79 Å². The maximum atomic E-state index is 12.7. The summed E-state index contributed by atoms with van der Waals surface area (Å²) in [5, 5.41) is 10.6. The van der Waals surface area contributed by atoms with E-state index in [-0.39, 0.29) is 28.7 Å². The molecule has 4 rings (SSSR count). The van der Waals surface area contributed by atoms with Crippen molar-refractivity contribution in [1.29, 1.82) is 0 Å². The lowest BCUT2D eigenvalue weighted by Crippen LogP contribution is -2.46. The maximum Gasteiger partial charge on any atom is 0.336 e. The number of benzene rings is 1. The van der Waals surface area contributed by atoms with Crippen molar-refractivity contribution in [3.05, 3.63) is 39.7 Å². The zero-order chi connectivity index (χ0) is 20.1. The summed E-state index contributed by atoms with van der Waals surface area (Å²) in [4.78, 5) is 38.0. The molecule has 0 spiro atoms. The van der Waals surface area contributed by atoms with E-state index in [0.717, 1.165) is 6.42 Å². The van der Waals surface area contributed by atoms with Gasteiger partial charge in [0.25, 0.3) is 0 Å². The fraction of sp³-hybridized carbons (Fsp3) is 0.450. The highest BCUT2D eigenvalue weighted by molar-refractivity contribution is 8.01. The van der Waals surface area contributed by atoms with Crippen LogP contribution in [0.2, 0.25) is 0 Å². The number of hydrogen-bond acceptors (Lipinski definition) is 7. The second-order valence-electron chi connectivity index (χ2n) is 7.29. The Hall–Kier alpha value is -2.48. The Balaban J connectivity index is 1.58. The highest BCUT2D eigenvalue weighted by Gasteiger charge is 2.53. The van der Waals surface area contributed by atoms with Crippen LogP contribution in [-0.2, 0) is 27.4 Å². The summed E-state index contributed by atoms with van der Waals surface area (Å²) < 4.78 is 10.7. The Bertz CT molecular complexity index is 1030. The SMILES string of the molecule is CCc1cc2c(COC(=O)[C@@H]3CS[C@@]4(C)CCC(=O)N34)cc(=O)oc2cc1O. The third-order valence-electron chi connectivity index (χ3n) is 5.50. The van der Waals surface area contributed by atoms with Crippen molar-refractivity contribution in [2.45, 2.75) is 50.6 Å². The van der Waals surface area contributed by atoms with Crippen LogP contribution in [0.4, 0.5) is 0 Å². The summed E-state index contributed by atoms with van der Waals surface area (Å²) >= 11 is 1.60. The largest absolute Gasteiger partial charge is 0.508 e. The number of esters is 1. The summed E-state index contributed by atoms with van der Waals surface area (Å²) in [6.45, 7) is 3.78. The van der Waals surface area contributed by atoms with E-state index in [2.05, 4.69) is 0 Å². The number of carbonyl (C=O) groups is 2. The topological polar surface area (TPSA) is 97.1 Å². The lowest BCUT2D eigenvalue weighted by Gasteiger charge is -2.29. The van der Waals surface area contributed by atoms with Crippen molar-refractivity contribution in [2.75, 3.05) is 5.75 Å². The molecule has 2 atom stereocenters. The molecule has 2 fully saturated rings. The summed E-state index contributed by atoms with van der Waals surface area (Å²) in [6, 6.07) is 3.83. The monoisotopic (exact) mass is 403 g/mol. The van der Waals surface area contributed by atoms with E-state index in [9.17, 15) is 19.5 Å². The number of phenolic OH excluding ortho intramolecular Hbond substituents is 1. The number of aromatic hydroxyl groups is 1. The fourth-order valence-electron chi connectivity index (χ4n) is 3.95. The Morgan fingerprint density at radius 1 is 1.36 bits per heavy atom. The van der Waals surface area contributed by atoms with Gasteiger partial charge in [0.05, 0.1) is 4.87 Å². The fourth-order valence-corrected chi connectivity index (χ4v) is 5.37. The van der Waals surface area contributed by atoms with Crippen LogP contribution < -0.4 is 5.63 Å². The molecule has 2 aliphatic heterocycles. The number of thioether (sulfide) groups is 1. The van der Waals surface area contributed by atoms with Gasteiger partial charge in [-0.25, -0.2) is 9.59 Å². The molecule has 2 aromatic rings. The molecule has 3 heterocycles. The van der Waals surface area contributed by atoms with E-state index in [0.29, 0.717) is 35.1 Å². The van der Waals surface area contributed by atoms with E-state index in [4.69, 9.17) is 9.15 Å². The first kappa shape index (κ1) is 18.9. The number of aryl methyl sites for hydroxylation is 1. The van der Waals surface area contributed by atoms with Crippen LogP contribution in [-0.4, -0.2) is 38.5 Å². The quantitative estimate of drug-likeness (QED) is 0.619. The molecule has 0 unspecified atom stereocenters. The second kappa shape index (κ2) is 6.84. The minimum absolute atomic E-state index is 0.0247. The summed E-state index contributed by atoms with van der Waals surface area (Å²) in [5.74, 6) is 0.0693. The van der Waals surface area contributed by atoms with Crippen LogP contribution in [0, 0.1) is 0 Å². The number of hydrogen-bond donors (Lipinski definition) is 1. The first-order valence-electron chi connectivity index (χ1n) is 9.24. The van der Waals surface area contributed by atoms with Crippen molar-refractivity contribution < 1.29 is 23.8 Å². The van der Waals surface area contributed by atoms with Crippen molar-refractivity contribution in [3.63, 3.8) is 0 Å². The molecule has 2 aliphatic rings. The summed E-state index contributed by atoms with van der Waals surface area (Å²) in [7, 11) is 0. The molecule has 1 amide bonds. The number of carbonyl (C=O) groups excluding carboxylic acids is 2. The van der Waals surface area contributed by atoms with Crippen LogP contribution in [0.5, 0.6) is 5.75 Å². The van der Waals surface area contributed by atoms with Gasteiger partial charge in [-0.2, -0.15) is 0 Å². The van der Waals surface area contributed by atoms with Crippen LogP contribution in [0.3, 0.4) is 0 Å². The molecule has 0 saturated carbocycles. The predicted molar refractivity (Wildman–Crippen MR) is 104 cm³/mol. The standard InChI is InChI=1S/C20H21NO6S/c1-3-11-6-13-12(7-18(24)27-16(13)8-15(11)22)9-26-19(25)14-10-28-20(2)5-4-17(23)21(14)20/h6-8,14,22H,3-5,9-10H2,1-2H3/t14-,20-/m0/s1. The van der Waals surface area contributed by atoms with Gasteiger partial charge >= 0.3 is 11.6 Å². The minimum atomic E-state index is -0.605. The van der Waals surface area contributed by atoms with Gasteiger partial charge in [0.1, 0.15) is 24.0 Å². The minimum Gasteiger partial charge on any atom is -0.508 e. The van der Waals surface area contributed by atoms with E-state index >= 15 is 0 Å². The van der Waals surface area contributed by atoms with Crippen LogP contribution >= 0.6 is 11.8 Å². The lowest BCUT2D eigenvalue weighted by atomic mass is 10.0. The summed E-state index contributed by atoms with van der Waals surface area (Å²) in [5.41, 5.74) is 0.878. The second-order valence-corrected chi connectivity index (χ2v) is 8.80. The van der Waals surface area contributed by atoms with Gasteiger partial charge in [0.2, 0.25) is 5.91 Å². The molecular weight excluding hydrogens is 382 g/mol. The van der Waals surface area contributed by atoms with Crippen LogP contribution in [0.25, 0.3) is 11.0 Å². The highest BCUT2D eigenvalue weighted by atomic mass is 32.2. The smallest absolute Gasteiger partial charge is 0.336 e. The molecule has 28 heavy (non-hydrogen) atoms. The zero-order valence-corrected chi connectivity index (χ0v) is 16.5. The third kappa shape index (κ3) is 3.05. The molecule has 1 aromatic carbocycles. The third-order valence-corrected chi connectivity index (χ3v) is 7.00. The summed E-state index contributed by atoms with van der Waals surface area (Å²) in [6.07, 6.45) is 1.78. The first-order valence-corrected chi connectivity index (χ1v) is 10.2. The molecule has 2 saturated heterocycles. The van der Waals surface area contributed by atoms with Gasteiger partial charge in [0.15, 0.2) is 0 Å². The zero-order valence-electron chi connectivity index (χ0n) is 15.7. The number of ether oxygens (including phenoxy) is 1. The lowest BCUT2D eigenvalue weighted by molar-refractivity contribution is -0.154. The van der Waals surface area contributed by atoms with Gasteiger partial charge < -0.3 is 19.2 Å². The van der Waals surface area contributed by atoms with E-state index in [1.807, 2.05) is 13.8 Å². The Morgan fingerprint density at radius 2 is 2.14 bits per heavy atom. The Labute approximate surface area is 165 Å². The molecule has 8 heteroatoms. The Morgan fingerprint density at radius 3 is 2.89 bits per heavy atom. The molecule has 0 aliphatic carbocycles.